The van der Waals surface area contributed by atoms with E-state index in [1.807, 2.05) is 21.1 Å². The van der Waals surface area contributed by atoms with Crippen LogP contribution in [0.4, 0.5) is 0 Å². The Morgan fingerprint density at radius 1 is 0.369 bits per heavy atom. The van der Waals surface area contributed by atoms with Crippen molar-refractivity contribution in [3.63, 3.8) is 0 Å². The maximum Gasteiger partial charge on any atom is 0.472 e. The van der Waals surface area contributed by atoms with E-state index in [1.165, 1.54) is 263 Å². The van der Waals surface area contributed by atoms with E-state index < -0.39 is 26.5 Å². The third kappa shape index (κ3) is 68.8. The minimum Gasteiger partial charge on any atom is -0.462 e. The van der Waals surface area contributed by atoms with Gasteiger partial charge in [0, 0.05) is 12.8 Å². The molecule has 10 heteroatoms. The number of unbranched alkanes of at least 4 members (excludes halogenated alkanes) is 43. The molecule has 0 aromatic heterocycles. The van der Waals surface area contributed by atoms with Gasteiger partial charge in [-0.3, -0.25) is 18.6 Å². The maximum absolute atomic E-state index is 12.9. The van der Waals surface area contributed by atoms with Crippen LogP contribution in [0.3, 0.4) is 0 Å². The molecule has 0 radical (unpaired) electrons. The lowest BCUT2D eigenvalue weighted by Gasteiger charge is -2.24. The summed E-state index contributed by atoms with van der Waals surface area (Å²) in [5.74, 6) is -0.787. The molecule has 0 rings (SSSR count). The lowest BCUT2D eigenvalue weighted by atomic mass is 10.0. The Labute approximate surface area is 521 Å². The van der Waals surface area contributed by atoms with Crippen LogP contribution in [0, 0.1) is 0 Å². The number of nitrogens with zero attached hydrogens (tertiary/aromatic N) is 1. The number of likely N-dealkylation sites (N-methyl/N-ethyl adjacent to an activating group) is 1. The Bertz CT molecular complexity index is 1600. The highest BCUT2D eigenvalue weighted by Gasteiger charge is 2.27. The summed E-state index contributed by atoms with van der Waals surface area (Å²) in [6.07, 6.45) is 86.3. The molecular formula is C74H139NO8P+. The molecule has 9 nitrogen and oxygen atoms in total. The van der Waals surface area contributed by atoms with Crippen molar-refractivity contribution in [1.82, 2.24) is 0 Å². The molecule has 0 saturated heterocycles. The van der Waals surface area contributed by atoms with Crippen molar-refractivity contribution in [3.8, 4) is 0 Å². The second kappa shape index (κ2) is 65.2. The molecule has 0 saturated carbocycles. The van der Waals surface area contributed by atoms with Crippen molar-refractivity contribution in [2.24, 2.45) is 0 Å². The van der Waals surface area contributed by atoms with Gasteiger partial charge in [0.25, 0.3) is 0 Å². The zero-order valence-electron chi connectivity index (χ0n) is 56.1. The quantitative estimate of drug-likeness (QED) is 0.0211. The normalized spacial score (nSPS) is 13.5. The van der Waals surface area contributed by atoms with E-state index in [-0.39, 0.29) is 32.0 Å². The fourth-order valence-electron chi connectivity index (χ4n) is 10.5. The zero-order chi connectivity index (χ0) is 61.2. The van der Waals surface area contributed by atoms with E-state index in [9.17, 15) is 19.0 Å². The second-order valence-corrected chi connectivity index (χ2v) is 27.1. The van der Waals surface area contributed by atoms with Crippen molar-refractivity contribution >= 4 is 19.8 Å². The van der Waals surface area contributed by atoms with Crippen LogP contribution < -0.4 is 0 Å². The number of hydrogen-bond acceptors (Lipinski definition) is 7. The summed E-state index contributed by atoms with van der Waals surface area (Å²) in [5.41, 5.74) is 0. The van der Waals surface area contributed by atoms with Gasteiger partial charge in [0.1, 0.15) is 19.8 Å². The zero-order valence-corrected chi connectivity index (χ0v) is 57.0. The average molecular weight is 1200 g/mol. The van der Waals surface area contributed by atoms with Gasteiger partial charge in [-0.05, 0) is 83.5 Å². The molecule has 0 aromatic rings. The number of hydrogen-bond donors (Lipinski definition) is 1. The number of quaternary nitrogens is 1. The summed E-state index contributed by atoms with van der Waals surface area (Å²) >= 11 is 0. The molecular weight excluding hydrogens is 1060 g/mol. The number of phosphoric ester groups is 1. The van der Waals surface area contributed by atoms with E-state index in [1.54, 1.807) is 0 Å². The molecule has 0 amide bonds. The van der Waals surface area contributed by atoms with Gasteiger partial charge in [0.05, 0.1) is 27.7 Å². The van der Waals surface area contributed by atoms with Crippen molar-refractivity contribution < 1.29 is 42.1 Å². The van der Waals surface area contributed by atoms with Crippen molar-refractivity contribution in [2.45, 2.75) is 354 Å². The van der Waals surface area contributed by atoms with Gasteiger partial charge in [-0.25, -0.2) is 4.57 Å². The maximum atomic E-state index is 12.9. The van der Waals surface area contributed by atoms with Gasteiger partial charge in [0.2, 0.25) is 0 Å². The number of allylic oxidation sites excluding steroid dienone is 10. The standard InChI is InChI=1S/C74H138NO8P/c1-6-8-10-12-14-16-18-20-22-24-26-27-28-29-30-31-32-33-34-35-36-37-38-39-40-41-42-43-44-45-46-47-49-51-53-55-57-59-61-63-65-67-74(77)83-72(71-82-84(78,79)81-69-68-75(3,4)5)70-80-73(76)66-64-62-60-58-56-54-52-50-48-25-23-21-19-17-15-13-11-9-7-2/h15,17-18,20-21,23-24,26,28-29,72H,6-14,16,19,22,25,27,30-71H2,1-5H3/p+1/b17-15-,20-18-,23-21-,26-24-,29-28-. The number of carbonyl (C=O) groups is 2. The largest absolute Gasteiger partial charge is 0.472 e. The SMILES string of the molecule is CCCCC/C=C\C/C=C\CCCCCCCCCCCC(=O)OCC(COP(=O)(O)OCC[N+](C)(C)C)OC(=O)CCCCCCCCCCCCCCCCCCCCCCCCCCCC/C=C\C/C=C\C/C=C\CCCCCCC. The highest BCUT2D eigenvalue weighted by molar-refractivity contribution is 7.47. The Kier molecular flexibility index (Phi) is 63.4. The highest BCUT2D eigenvalue weighted by Crippen LogP contribution is 2.43. The average Bonchev–Trinajstić information content (AvgIpc) is 3.46. The number of rotatable bonds is 67. The molecule has 492 valence electrons. The van der Waals surface area contributed by atoms with Crippen LogP contribution in [-0.4, -0.2) is 74.9 Å². The number of ether oxygens (including phenoxy) is 2. The summed E-state index contributed by atoms with van der Waals surface area (Å²) in [6, 6.07) is 0. The van der Waals surface area contributed by atoms with Gasteiger partial charge in [-0.15, -0.1) is 0 Å². The molecule has 1 N–H and O–H groups in total. The first kappa shape index (κ1) is 81.7. The molecule has 0 spiro atoms. The molecule has 0 aliphatic carbocycles. The molecule has 84 heavy (non-hydrogen) atoms. The monoisotopic (exact) mass is 1200 g/mol. The molecule has 0 bridgehead atoms. The van der Waals surface area contributed by atoms with Crippen LogP contribution in [-0.2, 0) is 32.7 Å². The first-order chi connectivity index (χ1) is 41.0. The molecule has 2 unspecified atom stereocenters. The van der Waals surface area contributed by atoms with Gasteiger partial charge >= 0.3 is 19.8 Å². The van der Waals surface area contributed by atoms with Gasteiger partial charge in [-0.1, -0.05) is 312 Å². The fourth-order valence-corrected chi connectivity index (χ4v) is 11.2. The third-order valence-corrected chi connectivity index (χ3v) is 17.0. The fraction of sp³-hybridized carbons (Fsp3) is 0.838. The topological polar surface area (TPSA) is 108 Å². The predicted octanol–water partition coefficient (Wildman–Crippen LogP) is 23.4. The highest BCUT2D eigenvalue weighted by atomic mass is 31.2. The number of carbonyl (C=O) groups excluding carboxylic acids is 2. The van der Waals surface area contributed by atoms with Crippen molar-refractivity contribution in [2.75, 3.05) is 47.5 Å². The smallest absolute Gasteiger partial charge is 0.462 e. The van der Waals surface area contributed by atoms with Crippen molar-refractivity contribution in [3.05, 3.63) is 60.8 Å². The van der Waals surface area contributed by atoms with Crippen LogP contribution in [0.15, 0.2) is 60.8 Å². The van der Waals surface area contributed by atoms with Crippen LogP contribution in [0.1, 0.15) is 348 Å². The van der Waals surface area contributed by atoms with Crippen LogP contribution in [0.2, 0.25) is 0 Å². The summed E-state index contributed by atoms with van der Waals surface area (Å²) in [5, 5.41) is 0. The lowest BCUT2D eigenvalue weighted by molar-refractivity contribution is -0.870. The first-order valence-electron chi connectivity index (χ1n) is 36.0. The Balaban J connectivity index is 3.89. The third-order valence-electron chi connectivity index (χ3n) is 16.0. The van der Waals surface area contributed by atoms with Crippen LogP contribution in [0.5, 0.6) is 0 Å². The number of esters is 2. The minimum atomic E-state index is -4.39. The summed E-state index contributed by atoms with van der Waals surface area (Å²) in [7, 11) is 1.49. The van der Waals surface area contributed by atoms with Gasteiger partial charge in [0.15, 0.2) is 6.10 Å². The van der Waals surface area contributed by atoms with Gasteiger partial charge < -0.3 is 18.9 Å². The Hall–Kier alpha value is -2.29. The van der Waals surface area contributed by atoms with Gasteiger partial charge in [-0.2, -0.15) is 0 Å². The van der Waals surface area contributed by atoms with E-state index in [4.69, 9.17) is 18.5 Å². The second-order valence-electron chi connectivity index (χ2n) is 25.6. The summed E-state index contributed by atoms with van der Waals surface area (Å²) < 4.78 is 34.7. The molecule has 0 aromatic carbocycles. The van der Waals surface area contributed by atoms with Crippen LogP contribution >= 0.6 is 7.82 Å². The Morgan fingerprint density at radius 3 is 0.976 bits per heavy atom. The van der Waals surface area contributed by atoms with Crippen molar-refractivity contribution in [1.29, 1.82) is 0 Å². The molecule has 0 aliphatic heterocycles. The van der Waals surface area contributed by atoms with E-state index in [0.29, 0.717) is 17.4 Å². The summed E-state index contributed by atoms with van der Waals surface area (Å²) in [4.78, 5) is 35.8. The minimum absolute atomic E-state index is 0.0320. The first-order valence-corrected chi connectivity index (χ1v) is 37.5. The number of phosphoric acid groups is 1. The molecule has 2 atom stereocenters. The van der Waals surface area contributed by atoms with E-state index in [0.717, 1.165) is 51.4 Å². The Morgan fingerprint density at radius 2 is 0.643 bits per heavy atom. The lowest BCUT2D eigenvalue weighted by Crippen LogP contribution is -2.37. The predicted molar refractivity (Wildman–Crippen MR) is 363 cm³/mol. The summed E-state index contributed by atoms with van der Waals surface area (Å²) in [6.45, 7) is 4.44. The molecule has 0 heterocycles. The van der Waals surface area contributed by atoms with E-state index in [2.05, 4.69) is 74.6 Å². The molecule has 0 aliphatic rings. The van der Waals surface area contributed by atoms with Crippen LogP contribution in [0.25, 0.3) is 0 Å². The molecule has 0 fully saturated rings. The van der Waals surface area contributed by atoms with E-state index >= 15 is 0 Å².